The summed E-state index contributed by atoms with van der Waals surface area (Å²) in [5.74, 6) is -2.02. The van der Waals surface area contributed by atoms with Crippen molar-refractivity contribution in [1.82, 2.24) is 51.0 Å². The Balaban J connectivity index is 0.000000227. The Morgan fingerprint density at radius 2 is 0.991 bits per heavy atom. The molecule has 6 aromatic rings. The first-order valence-corrected chi connectivity index (χ1v) is 44.0. The number of carbonyl (C=O) groups excluding carboxylic acids is 6. The van der Waals surface area contributed by atoms with E-state index in [-0.39, 0.29) is 63.1 Å². The largest absolute Gasteiger partial charge is 0.497 e. The minimum atomic E-state index is -4.83. The van der Waals surface area contributed by atoms with E-state index in [4.69, 9.17) is 52.9 Å². The second kappa shape index (κ2) is 34.9. The molecule has 12 rings (SSSR count). The number of ether oxygens (including phenoxy) is 6. The number of nitrogens with one attached hydrogen (secondary N) is 6. The third-order valence-electron chi connectivity index (χ3n) is 21.4. The van der Waals surface area contributed by atoms with Gasteiger partial charge in [0.2, 0.25) is 31.0 Å². The Morgan fingerprint density at radius 1 is 0.600 bits per heavy atom. The molecule has 4 saturated carbocycles. The zero-order chi connectivity index (χ0) is 83.7. The van der Waals surface area contributed by atoms with Gasteiger partial charge in [0.1, 0.15) is 100 Å². The molecule has 36 heteroatoms. The van der Waals surface area contributed by atoms with Crippen molar-refractivity contribution in [3.8, 4) is 45.8 Å². The molecule has 0 radical (unpaired) electrons. The summed E-state index contributed by atoms with van der Waals surface area (Å²) in [4.78, 5) is 127. The molecule has 626 valence electrons. The maximum Gasteiger partial charge on any atom is 0.412 e. The van der Waals surface area contributed by atoms with E-state index in [2.05, 4.69) is 45.1 Å². The minimum absolute atomic E-state index is 0.00650. The second-order valence-corrected chi connectivity index (χ2v) is 39.5. The van der Waals surface area contributed by atoms with Crippen LogP contribution in [0.2, 0.25) is 0 Å². The molecule has 4 aliphatic carbocycles. The smallest absolute Gasteiger partial charge is 0.412 e. The number of anilines is 2. The molecule has 8 N–H and O–H groups in total. The van der Waals surface area contributed by atoms with Crippen LogP contribution in [-0.2, 0) is 42.3 Å². The first-order valence-electron chi connectivity index (χ1n) is 38.6. The van der Waals surface area contributed by atoms with E-state index in [9.17, 15) is 60.9 Å². The SMILES string of the molecule is C=C[C@@H]1C[C@]1(NC(=O)[C@@H]1C[C@@H](Oc2cc(-c3csc(NC(C)C)n3)nc3cc(OC)ccc23)CN1C(=O)[C@@H](NC(=O)OC1CCCC1)C(C)(C)C)P(=O)(O)O.C=C[C@@H]1C[C@]1(NC(=O)[C@@H]1C[C@@H](Oc2cc(-c3csc(NC(C)C)n3)nc3cc(OC)ccc23)CN1C(=O)[C@@H](NC(=O)OC1CCCC1)C(C)(C)C)P(C)(=O)OCC(F)(F)F. The van der Waals surface area contributed by atoms with Crippen molar-refractivity contribution in [3.05, 3.63) is 84.6 Å². The summed E-state index contributed by atoms with van der Waals surface area (Å²) in [5, 5.41) is 20.4. The van der Waals surface area contributed by atoms with E-state index < -0.39 is 133 Å². The molecule has 0 bridgehead atoms. The number of carbonyl (C=O) groups is 6. The fraction of sp³-hybridized carbons (Fsp3) is 0.570. The molecule has 1 unspecified atom stereocenters. The summed E-state index contributed by atoms with van der Waals surface area (Å²) in [5.41, 5.74) is 1.68. The number of alkyl halides is 3. The fourth-order valence-corrected chi connectivity index (χ4v) is 20.2. The van der Waals surface area contributed by atoms with Gasteiger partial charge in [-0.05, 0) is 127 Å². The van der Waals surface area contributed by atoms with Gasteiger partial charge in [-0.15, -0.1) is 35.8 Å². The highest BCUT2D eigenvalue weighted by atomic mass is 32.1. The van der Waals surface area contributed by atoms with Crippen molar-refractivity contribution in [3.63, 3.8) is 0 Å². The molecule has 11 atom stereocenters. The van der Waals surface area contributed by atoms with Gasteiger partial charge in [0.15, 0.2) is 10.3 Å². The Morgan fingerprint density at radius 3 is 1.34 bits per heavy atom. The summed E-state index contributed by atoms with van der Waals surface area (Å²) < 4.78 is 107. The summed E-state index contributed by atoms with van der Waals surface area (Å²) in [6.07, 6.45) is 1.13. The normalized spacial score (nSPS) is 23.4. The number of hydrogen-bond donors (Lipinski definition) is 8. The van der Waals surface area contributed by atoms with Gasteiger partial charge < -0.3 is 84.4 Å². The minimum Gasteiger partial charge on any atom is -0.497 e. The van der Waals surface area contributed by atoms with Crippen LogP contribution in [0, 0.1) is 22.7 Å². The molecule has 6 amide bonds. The third kappa shape index (κ3) is 20.5. The maximum atomic E-state index is 14.8. The van der Waals surface area contributed by atoms with Gasteiger partial charge in [0.25, 0.3) is 0 Å². The fourth-order valence-electron chi connectivity index (χ4n) is 15.1. The van der Waals surface area contributed by atoms with Crippen molar-refractivity contribution < 1.29 is 93.8 Å². The Labute approximate surface area is 674 Å². The number of thiazole rings is 2. The van der Waals surface area contributed by atoms with E-state index in [0.29, 0.717) is 85.6 Å². The number of halogens is 3. The monoisotopic (exact) mass is 1680 g/mol. The first kappa shape index (κ1) is 87.2. The van der Waals surface area contributed by atoms with Crippen LogP contribution in [0.3, 0.4) is 0 Å². The Kier molecular flexibility index (Phi) is 26.4. The number of likely N-dealkylation sites (tertiary alicyclic amines) is 2. The lowest BCUT2D eigenvalue weighted by Crippen LogP contribution is -2.58. The molecular weight excluding hydrogens is 1570 g/mol. The quantitative estimate of drug-likeness (QED) is 0.0167. The van der Waals surface area contributed by atoms with Crippen molar-refractivity contribution >= 4 is 106 Å². The number of benzene rings is 2. The molecule has 6 aliphatic rings. The van der Waals surface area contributed by atoms with Crippen molar-refractivity contribution in [2.24, 2.45) is 22.7 Å². The summed E-state index contributed by atoms with van der Waals surface area (Å²) in [7, 11) is -5.90. The van der Waals surface area contributed by atoms with Crippen LogP contribution in [0.1, 0.15) is 146 Å². The predicted octanol–water partition coefficient (Wildman–Crippen LogP) is 13.9. The van der Waals surface area contributed by atoms with Gasteiger partial charge in [-0.3, -0.25) is 28.3 Å². The number of amides is 6. The summed E-state index contributed by atoms with van der Waals surface area (Å²) >= 11 is 2.86. The zero-order valence-corrected chi connectivity index (χ0v) is 70.3. The van der Waals surface area contributed by atoms with Crippen molar-refractivity contribution in [2.45, 2.75) is 224 Å². The summed E-state index contributed by atoms with van der Waals surface area (Å²) in [6, 6.07) is 9.78. The highest BCUT2D eigenvalue weighted by molar-refractivity contribution is 7.60. The molecular formula is C79H105F3N12O17P2S2. The number of rotatable bonds is 28. The summed E-state index contributed by atoms with van der Waals surface area (Å²) in [6.45, 7) is 25.3. The zero-order valence-electron chi connectivity index (χ0n) is 66.9. The van der Waals surface area contributed by atoms with E-state index in [1.54, 1.807) is 98.2 Å². The molecule has 2 aliphatic heterocycles. The van der Waals surface area contributed by atoms with Gasteiger partial charge in [-0.1, -0.05) is 53.7 Å². The van der Waals surface area contributed by atoms with Crippen LogP contribution in [0.15, 0.2) is 84.6 Å². The molecule has 0 spiro atoms. The molecule has 6 heterocycles. The lowest BCUT2D eigenvalue weighted by atomic mass is 9.85. The van der Waals surface area contributed by atoms with Crippen molar-refractivity contribution in [1.29, 1.82) is 0 Å². The first-order chi connectivity index (χ1) is 54.0. The van der Waals surface area contributed by atoms with Crippen LogP contribution >= 0.6 is 37.6 Å². The van der Waals surface area contributed by atoms with Crippen LogP contribution in [-0.4, -0.2) is 193 Å². The lowest BCUT2D eigenvalue weighted by molar-refractivity contribution is -0.153. The average molecular weight is 1680 g/mol. The molecule has 6 fully saturated rings. The Hall–Kier alpha value is -8.65. The molecule has 115 heavy (non-hydrogen) atoms. The van der Waals surface area contributed by atoms with Crippen molar-refractivity contribution in [2.75, 3.05) is 51.2 Å². The number of nitrogens with zero attached hydrogens (tertiary/aromatic N) is 6. The highest BCUT2D eigenvalue weighted by Crippen LogP contribution is 2.71. The molecule has 2 saturated heterocycles. The van der Waals surface area contributed by atoms with Gasteiger partial charge in [-0.25, -0.2) is 29.5 Å². The number of alkyl carbamates (subject to hydrolysis) is 2. The molecule has 29 nitrogen and oxygen atoms in total. The number of fused-ring (bicyclic) bond motifs is 2. The van der Waals surface area contributed by atoms with Crippen LogP contribution in [0.5, 0.6) is 23.0 Å². The average Bonchev–Trinajstić information content (AvgIpc) is 1.56. The van der Waals surface area contributed by atoms with E-state index >= 15 is 0 Å². The van der Waals surface area contributed by atoms with Gasteiger partial charge in [0.05, 0.1) is 49.7 Å². The van der Waals surface area contributed by atoms with E-state index in [1.807, 2.05) is 44.5 Å². The number of aromatic nitrogens is 4. The van der Waals surface area contributed by atoms with E-state index in [1.165, 1.54) is 44.6 Å². The standard InChI is InChI=1S/C41H54F3N6O8PS.C38H51N6O9PS/c1-9-24-19-40(24,59(8,54)56-22-41(42,43)44)49-35(51)32-17-27(20-50(32)36(52)34(39(4,5)6)48-38(53)58-25-12-10-11-13-25)57-33-18-30(31-21-60-37(47-31)45-23(2)3)46-29-16-26(55-7)14-15-28(29)33;1-8-22-18-38(22,54(48,49)50)43-33(45)30-16-25(19-44(30)34(46)32(37(4,5)6)42-36(47)53-23-11-9-10-12-23)52-31-17-28(29-20-55-35(41-29)39-21(2)3)40-27-15-24(51-7)13-14-26(27)31/h9,14-16,18,21,23-25,27,32,34H,1,10-13,17,19-20,22H2,2-8H3,(H,45,47)(H,48,53)(H,49,51);8,13-15,17,20-23,25,30,32H,1,9-12,16,18-19H2,2-7H3,(H,39,41)(H,42,47)(H,43,45)(H2,48,49,50)/t24-,27-,32+,34-,40+,59?;22-,25-,30+,32-,38+/m11/s1. The lowest BCUT2D eigenvalue weighted by Gasteiger charge is -2.36. The van der Waals surface area contributed by atoms with Gasteiger partial charge in [0, 0.05) is 89.2 Å². The molecule has 2 aromatic carbocycles. The van der Waals surface area contributed by atoms with Gasteiger partial charge in [-0.2, -0.15) is 13.2 Å². The van der Waals surface area contributed by atoms with E-state index in [0.717, 1.165) is 50.3 Å². The third-order valence-corrected chi connectivity index (χ3v) is 27.3. The van der Waals surface area contributed by atoms with Crippen LogP contribution in [0.25, 0.3) is 44.6 Å². The number of methoxy groups -OCH3 is 2. The number of pyridine rings is 2. The topological polar surface area (TPSA) is 372 Å². The van der Waals surface area contributed by atoms with Crippen LogP contribution in [0.4, 0.5) is 33.0 Å². The molecule has 4 aromatic heterocycles. The van der Waals surface area contributed by atoms with Crippen LogP contribution < -0.4 is 50.8 Å². The highest BCUT2D eigenvalue weighted by Gasteiger charge is 2.67. The predicted molar refractivity (Wildman–Crippen MR) is 432 cm³/mol. The number of hydrogen-bond acceptors (Lipinski definition) is 23. The van der Waals surface area contributed by atoms with Gasteiger partial charge >= 0.3 is 26.0 Å². The maximum absolute atomic E-state index is 14.8. The second-order valence-electron chi connectivity index (χ2n) is 33.1. The Bertz CT molecular complexity index is 4710.